The Kier molecular flexibility index (Phi) is 5.02. The topological polar surface area (TPSA) is 97.6 Å². The minimum atomic E-state index is -0.538. The molecule has 0 unspecified atom stereocenters. The molecule has 126 valence electrons. The molecule has 1 aliphatic heterocycles. The van der Waals surface area contributed by atoms with Gasteiger partial charge in [-0.1, -0.05) is 0 Å². The standard InChI is InChI=1S/C15H22N4O4/c1-15(2,3)23-14(20)17-11-5-4-8-18(10-11)12-6-7-16-13(9-12)19(21)22/h6-7,9,11H,4-5,8,10H2,1-3H3,(H,17,20)/t11-/m1/s1. The average Bonchev–Trinajstić information content (AvgIpc) is 2.45. The molecule has 0 saturated carbocycles. The quantitative estimate of drug-likeness (QED) is 0.678. The highest BCUT2D eigenvalue weighted by molar-refractivity contribution is 5.68. The van der Waals surface area contributed by atoms with Crippen molar-refractivity contribution in [2.24, 2.45) is 0 Å². The molecular weight excluding hydrogens is 300 g/mol. The zero-order chi connectivity index (χ0) is 17.0. The number of pyridine rings is 1. The number of ether oxygens (including phenoxy) is 1. The van der Waals surface area contributed by atoms with Crippen molar-refractivity contribution < 1.29 is 14.5 Å². The first-order valence-corrected chi connectivity index (χ1v) is 7.59. The zero-order valence-corrected chi connectivity index (χ0v) is 13.6. The summed E-state index contributed by atoms with van der Waals surface area (Å²) in [7, 11) is 0. The van der Waals surface area contributed by atoms with Crippen LogP contribution in [0.2, 0.25) is 0 Å². The van der Waals surface area contributed by atoms with Crippen LogP contribution in [0.5, 0.6) is 0 Å². The molecule has 8 heteroatoms. The summed E-state index contributed by atoms with van der Waals surface area (Å²) in [4.78, 5) is 27.9. The van der Waals surface area contributed by atoms with Crippen molar-refractivity contribution in [3.05, 3.63) is 28.4 Å². The molecule has 1 saturated heterocycles. The second-order valence-corrected chi connectivity index (χ2v) is 6.56. The van der Waals surface area contributed by atoms with Crippen LogP contribution < -0.4 is 10.2 Å². The summed E-state index contributed by atoms with van der Waals surface area (Å²) in [6.07, 6.45) is 2.72. The molecule has 0 spiro atoms. The molecule has 23 heavy (non-hydrogen) atoms. The molecule has 0 aliphatic carbocycles. The maximum Gasteiger partial charge on any atom is 0.407 e. The molecule has 2 rings (SSSR count). The molecule has 1 atom stereocenters. The van der Waals surface area contributed by atoms with Crippen molar-refractivity contribution in [1.29, 1.82) is 0 Å². The van der Waals surface area contributed by atoms with Gasteiger partial charge < -0.3 is 25.1 Å². The van der Waals surface area contributed by atoms with Crippen LogP contribution in [0.4, 0.5) is 16.3 Å². The third kappa shape index (κ3) is 5.08. The third-order valence-corrected chi connectivity index (χ3v) is 3.42. The van der Waals surface area contributed by atoms with Crippen LogP contribution in [-0.4, -0.2) is 40.7 Å². The molecule has 1 fully saturated rings. The maximum atomic E-state index is 11.9. The number of piperidine rings is 1. The molecule has 0 bridgehead atoms. The molecule has 2 heterocycles. The van der Waals surface area contributed by atoms with Gasteiger partial charge in [-0.05, 0) is 43.5 Å². The van der Waals surface area contributed by atoms with E-state index < -0.39 is 16.6 Å². The Morgan fingerprint density at radius 3 is 2.91 bits per heavy atom. The Balaban J connectivity index is 1.99. The number of nitrogens with one attached hydrogen (secondary N) is 1. The minimum Gasteiger partial charge on any atom is -0.444 e. The Morgan fingerprint density at radius 1 is 1.52 bits per heavy atom. The van der Waals surface area contributed by atoms with E-state index in [-0.39, 0.29) is 11.9 Å². The van der Waals surface area contributed by atoms with E-state index in [1.807, 2.05) is 25.7 Å². The van der Waals surface area contributed by atoms with Crippen LogP contribution in [0.25, 0.3) is 0 Å². The minimum absolute atomic E-state index is 0.0502. The SMILES string of the molecule is CC(C)(C)OC(=O)N[C@@H]1CCCN(c2ccnc([N+](=O)[O-])c2)C1. The van der Waals surface area contributed by atoms with Crippen molar-refractivity contribution in [1.82, 2.24) is 10.3 Å². The van der Waals surface area contributed by atoms with Crippen LogP contribution in [-0.2, 0) is 4.74 Å². The number of aromatic nitrogens is 1. The number of carbonyl (C=O) groups excluding carboxylic acids is 1. The van der Waals surface area contributed by atoms with Crippen LogP contribution in [0.3, 0.4) is 0 Å². The maximum absolute atomic E-state index is 11.9. The zero-order valence-electron chi connectivity index (χ0n) is 13.6. The van der Waals surface area contributed by atoms with Crippen LogP contribution in [0, 0.1) is 10.1 Å². The van der Waals surface area contributed by atoms with Gasteiger partial charge in [0.05, 0.1) is 6.07 Å². The Morgan fingerprint density at radius 2 is 2.26 bits per heavy atom. The van der Waals surface area contributed by atoms with E-state index >= 15 is 0 Å². The van der Waals surface area contributed by atoms with E-state index in [9.17, 15) is 14.9 Å². The van der Waals surface area contributed by atoms with Gasteiger partial charge in [0.1, 0.15) is 11.8 Å². The molecule has 0 radical (unpaired) electrons. The molecular formula is C15H22N4O4. The first-order valence-electron chi connectivity index (χ1n) is 7.59. The van der Waals surface area contributed by atoms with Gasteiger partial charge in [-0.25, -0.2) is 4.79 Å². The van der Waals surface area contributed by atoms with Gasteiger partial charge in [0, 0.05) is 30.9 Å². The van der Waals surface area contributed by atoms with Crippen molar-refractivity contribution >= 4 is 17.6 Å². The van der Waals surface area contributed by atoms with E-state index in [2.05, 4.69) is 10.3 Å². The summed E-state index contributed by atoms with van der Waals surface area (Å²) in [5.74, 6) is -0.176. The number of nitro groups is 1. The van der Waals surface area contributed by atoms with Gasteiger partial charge in [-0.3, -0.25) is 0 Å². The molecule has 8 nitrogen and oxygen atoms in total. The number of hydrogen-bond acceptors (Lipinski definition) is 6. The van der Waals surface area contributed by atoms with Crippen molar-refractivity contribution in [3.63, 3.8) is 0 Å². The third-order valence-electron chi connectivity index (χ3n) is 3.42. The van der Waals surface area contributed by atoms with Gasteiger partial charge in [-0.15, -0.1) is 0 Å². The van der Waals surface area contributed by atoms with E-state index in [4.69, 9.17) is 4.74 Å². The van der Waals surface area contributed by atoms with Crippen molar-refractivity contribution in [2.45, 2.75) is 45.3 Å². The van der Waals surface area contributed by atoms with E-state index in [1.165, 1.54) is 12.3 Å². The van der Waals surface area contributed by atoms with E-state index in [0.717, 1.165) is 25.1 Å². The lowest BCUT2D eigenvalue weighted by atomic mass is 10.1. The summed E-state index contributed by atoms with van der Waals surface area (Å²) in [5.41, 5.74) is 0.201. The van der Waals surface area contributed by atoms with Gasteiger partial charge in [0.2, 0.25) is 0 Å². The lowest BCUT2D eigenvalue weighted by molar-refractivity contribution is -0.389. The van der Waals surface area contributed by atoms with Crippen LogP contribution in [0.1, 0.15) is 33.6 Å². The fourth-order valence-electron chi connectivity index (χ4n) is 2.51. The molecule has 1 aromatic heterocycles. The first kappa shape index (κ1) is 17.0. The highest BCUT2D eigenvalue weighted by Gasteiger charge is 2.25. The van der Waals surface area contributed by atoms with E-state index in [1.54, 1.807) is 6.07 Å². The van der Waals surface area contributed by atoms with Gasteiger partial charge in [0.15, 0.2) is 0 Å². The number of carbonyl (C=O) groups is 1. The monoisotopic (exact) mass is 322 g/mol. The largest absolute Gasteiger partial charge is 0.444 e. The Bertz CT molecular complexity index is 585. The first-order chi connectivity index (χ1) is 10.7. The van der Waals surface area contributed by atoms with Gasteiger partial charge >= 0.3 is 11.9 Å². The summed E-state index contributed by atoms with van der Waals surface area (Å²) in [6.45, 7) is 6.82. The van der Waals surface area contributed by atoms with Crippen LogP contribution in [0.15, 0.2) is 18.3 Å². The highest BCUT2D eigenvalue weighted by atomic mass is 16.6. The van der Waals surface area contributed by atoms with Gasteiger partial charge in [0.25, 0.3) is 0 Å². The number of amides is 1. The number of nitrogens with zero attached hydrogens (tertiary/aromatic N) is 3. The molecule has 0 aromatic carbocycles. The number of anilines is 1. The normalized spacial score (nSPS) is 18.4. The molecule has 1 aromatic rings. The Labute approximate surface area is 135 Å². The molecule has 1 N–H and O–H groups in total. The smallest absolute Gasteiger partial charge is 0.407 e. The van der Waals surface area contributed by atoms with Crippen molar-refractivity contribution in [2.75, 3.05) is 18.0 Å². The van der Waals surface area contributed by atoms with Crippen molar-refractivity contribution in [3.8, 4) is 0 Å². The van der Waals surface area contributed by atoms with Crippen LogP contribution >= 0.6 is 0 Å². The predicted octanol–water partition coefficient (Wildman–Crippen LogP) is 2.48. The second-order valence-electron chi connectivity index (χ2n) is 6.56. The lowest BCUT2D eigenvalue weighted by Gasteiger charge is -2.34. The summed E-state index contributed by atoms with van der Waals surface area (Å²) in [5, 5.41) is 13.7. The lowest BCUT2D eigenvalue weighted by Crippen LogP contribution is -2.49. The highest BCUT2D eigenvalue weighted by Crippen LogP contribution is 2.22. The molecule has 1 aliphatic rings. The predicted molar refractivity (Wildman–Crippen MR) is 85.5 cm³/mol. The summed E-state index contributed by atoms with van der Waals surface area (Å²) in [6, 6.07) is 3.14. The average molecular weight is 322 g/mol. The number of rotatable bonds is 3. The summed E-state index contributed by atoms with van der Waals surface area (Å²) < 4.78 is 5.26. The second kappa shape index (κ2) is 6.80. The Hall–Kier alpha value is -2.38. The fourth-order valence-corrected chi connectivity index (χ4v) is 2.51. The molecule has 1 amide bonds. The van der Waals surface area contributed by atoms with Gasteiger partial charge in [-0.2, -0.15) is 0 Å². The number of alkyl carbamates (subject to hydrolysis) is 1. The van der Waals surface area contributed by atoms with E-state index in [0.29, 0.717) is 6.54 Å². The summed E-state index contributed by atoms with van der Waals surface area (Å²) >= 11 is 0. The fraction of sp³-hybridized carbons (Fsp3) is 0.600. The number of hydrogen-bond donors (Lipinski definition) is 1.